The van der Waals surface area contributed by atoms with Crippen molar-refractivity contribution in [2.24, 2.45) is 0 Å². The maximum Gasteiger partial charge on any atom is 0.457 e. The van der Waals surface area contributed by atoms with Crippen LogP contribution in [0.25, 0.3) is 0 Å². The van der Waals surface area contributed by atoms with Crippen LogP contribution in [0.3, 0.4) is 0 Å². The number of nitrogen functional groups attached to an aromatic ring is 1. The van der Waals surface area contributed by atoms with Crippen LogP contribution >= 0.6 is 0 Å². The molecule has 0 aromatic heterocycles. The van der Waals surface area contributed by atoms with Gasteiger partial charge in [-0.3, -0.25) is 0 Å². The van der Waals surface area contributed by atoms with Crippen molar-refractivity contribution in [3.63, 3.8) is 0 Å². The third kappa shape index (κ3) is 2.51. The number of rotatable bonds is 2. The molecule has 0 saturated heterocycles. The van der Waals surface area contributed by atoms with Gasteiger partial charge >= 0.3 is 23.9 Å². The summed E-state index contributed by atoms with van der Waals surface area (Å²) in [4.78, 5) is 0. The Labute approximate surface area is 112 Å². The first kappa shape index (κ1) is 17.4. The highest BCUT2D eigenvalue weighted by molar-refractivity contribution is 5.49. The van der Waals surface area contributed by atoms with Crippen molar-refractivity contribution >= 4 is 5.69 Å². The third-order valence-corrected chi connectivity index (χ3v) is 2.85. The van der Waals surface area contributed by atoms with Crippen LogP contribution in [-0.2, 0) is 5.67 Å². The van der Waals surface area contributed by atoms with E-state index in [1.165, 1.54) is 0 Å². The zero-order valence-corrected chi connectivity index (χ0v) is 10.2. The van der Waals surface area contributed by atoms with Crippen LogP contribution in [0.5, 0.6) is 0 Å². The van der Waals surface area contributed by atoms with E-state index in [0.29, 0.717) is 6.07 Å². The molecule has 0 amide bonds. The summed E-state index contributed by atoms with van der Waals surface area (Å²) in [5.41, 5.74) is -3.02. The standard InChI is InChI=1S/C11H8F9N/c1-5-4-6(2-3-7(5)21)8(12,10(15,16)17)9(13,14)11(18,19)20/h2-4H,21H2,1H3. The molecule has 1 atom stereocenters. The molecule has 120 valence electrons. The number of aryl methyl sites for hydroxylation is 1. The lowest BCUT2D eigenvalue weighted by Gasteiger charge is -2.36. The Balaban J connectivity index is 3.67. The normalized spacial score (nSPS) is 16.7. The summed E-state index contributed by atoms with van der Waals surface area (Å²) in [6.07, 6.45) is -13.2. The Hall–Kier alpha value is -1.61. The van der Waals surface area contributed by atoms with Crippen LogP contribution in [0.1, 0.15) is 11.1 Å². The second kappa shape index (κ2) is 4.70. The molecule has 0 bridgehead atoms. The summed E-state index contributed by atoms with van der Waals surface area (Å²) in [5, 5.41) is 0. The van der Waals surface area contributed by atoms with Crippen molar-refractivity contribution in [1.29, 1.82) is 0 Å². The molecule has 0 radical (unpaired) electrons. The first-order valence-corrected chi connectivity index (χ1v) is 5.23. The SMILES string of the molecule is Cc1cc(C(F)(C(F)(F)F)C(F)(F)C(F)(F)F)ccc1N. The van der Waals surface area contributed by atoms with Crippen LogP contribution in [0.15, 0.2) is 18.2 Å². The van der Waals surface area contributed by atoms with Crippen molar-refractivity contribution in [2.45, 2.75) is 30.9 Å². The topological polar surface area (TPSA) is 26.0 Å². The van der Waals surface area contributed by atoms with E-state index in [2.05, 4.69) is 0 Å². The van der Waals surface area contributed by atoms with Gasteiger partial charge < -0.3 is 5.73 Å². The van der Waals surface area contributed by atoms with Crippen LogP contribution in [0.2, 0.25) is 0 Å². The number of nitrogens with two attached hydrogens (primary N) is 1. The van der Waals surface area contributed by atoms with Gasteiger partial charge in [0, 0.05) is 11.3 Å². The minimum Gasteiger partial charge on any atom is -0.399 e. The molecule has 0 aliphatic rings. The Kier molecular flexibility index (Phi) is 3.91. The smallest absolute Gasteiger partial charge is 0.399 e. The quantitative estimate of drug-likeness (QED) is 0.629. The second-order valence-corrected chi connectivity index (χ2v) is 4.30. The fraction of sp³-hybridized carbons (Fsp3) is 0.455. The molecule has 0 saturated carbocycles. The molecule has 1 rings (SSSR count). The number of benzene rings is 1. The van der Waals surface area contributed by atoms with E-state index in [9.17, 15) is 39.5 Å². The number of hydrogen-bond donors (Lipinski definition) is 1. The fourth-order valence-corrected chi connectivity index (χ4v) is 1.61. The molecule has 0 fully saturated rings. The molecular formula is C11H8F9N. The summed E-state index contributed by atoms with van der Waals surface area (Å²) in [6.45, 7) is 1.04. The van der Waals surface area contributed by atoms with E-state index in [1.54, 1.807) is 0 Å². The maximum absolute atomic E-state index is 14.0. The molecule has 21 heavy (non-hydrogen) atoms. The minimum atomic E-state index is -6.73. The van der Waals surface area contributed by atoms with Crippen LogP contribution in [0, 0.1) is 6.92 Å². The van der Waals surface area contributed by atoms with Gasteiger partial charge in [0.05, 0.1) is 0 Å². The van der Waals surface area contributed by atoms with Crippen molar-refractivity contribution < 1.29 is 39.5 Å². The minimum absolute atomic E-state index is 0.148. The molecule has 1 aromatic rings. The molecule has 1 nitrogen and oxygen atoms in total. The molecule has 0 heterocycles. The van der Waals surface area contributed by atoms with E-state index in [1.807, 2.05) is 0 Å². The van der Waals surface area contributed by atoms with Crippen molar-refractivity contribution in [3.05, 3.63) is 29.3 Å². The summed E-state index contributed by atoms with van der Waals surface area (Å²) in [7, 11) is 0. The number of alkyl halides is 9. The fourth-order valence-electron chi connectivity index (χ4n) is 1.61. The monoisotopic (exact) mass is 325 g/mol. The predicted octanol–water partition coefficient (Wildman–Crippen LogP) is 4.50. The largest absolute Gasteiger partial charge is 0.457 e. The lowest BCUT2D eigenvalue weighted by molar-refractivity contribution is -0.389. The van der Waals surface area contributed by atoms with Gasteiger partial charge in [-0.1, -0.05) is 12.1 Å². The van der Waals surface area contributed by atoms with Crippen molar-refractivity contribution in [1.82, 2.24) is 0 Å². The summed E-state index contributed by atoms with van der Waals surface area (Å²) in [6, 6.07) is 0.981. The van der Waals surface area contributed by atoms with Crippen molar-refractivity contribution in [2.75, 3.05) is 5.73 Å². The predicted molar refractivity (Wildman–Crippen MR) is 55.4 cm³/mol. The molecule has 0 aliphatic heterocycles. The summed E-state index contributed by atoms with van der Waals surface area (Å²) >= 11 is 0. The molecule has 2 N–H and O–H groups in total. The Morgan fingerprint density at radius 1 is 0.810 bits per heavy atom. The van der Waals surface area contributed by atoms with Crippen LogP contribution in [-0.4, -0.2) is 18.3 Å². The lowest BCUT2D eigenvalue weighted by Crippen LogP contribution is -2.59. The van der Waals surface area contributed by atoms with Crippen molar-refractivity contribution in [3.8, 4) is 0 Å². The zero-order valence-electron chi connectivity index (χ0n) is 10.2. The van der Waals surface area contributed by atoms with Gasteiger partial charge in [0.1, 0.15) is 0 Å². The van der Waals surface area contributed by atoms with Gasteiger partial charge in [0.15, 0.2) is 0 Å². The molecule has 1 aromatic carbocycles. The van der Waals surface area contributed by atoms with Gasteiger partial charge in [-0.15, -0.1) is 0 Å². The van der Waals surface area contributed by atoms with Gasteiger partial charge in [0.2, 0.25) is 0 Å². The van der Waals surface area contributed by atoms with Crippen LogP contribution in [0.4, 0.5) is 45.2 Å². The molecule has 0 aliphatic carbocycles. The average molecular weight is 325 g/mol. The summed E-state index contributed by atoms with van der Waals surface area (Å²) < 4.78 is 115. The van der Waals surface area contributed by atoms with Gasteiger partial charge in [-0.25, -0.2) is 4.39 Å². The Morgan fingerprint density at radius 3 is 1.62 bits per heavy atom. The highest BCUT2D eigenvalue weighted by Gasteiger charge is 2.81. The van der Waals surface area contributed by atoms with Gasteiger partial charge in [0.25, 0.3) is 0 Å². The number of halogens is 9. The third-order valence-electron chi connectivity index (χ3n) is 2.85. The first-order valence-electron chi connectivity index (χ1n) is 5.23. The zero-order chi connectivity index (χ0) is 16.9. The van der Waals surface area contributed by atoms with E-state index >= 15 is 0 Å². The molecule has 0 spiro atoms. The van der Waals surface area contributed by atoms with Crippen LogP contribution < -0.4 is 5.73 Å². The lowest BCUT2D eigenvalue weighted by atomic mass is 9.86. The molecule has 1 unspecified atom stereocenters. The molecular weight excluding hydrogens is 317 g/mol. The second-order valence-electron chi connectivity index (χ2n) is 4.30. The number of anilines is 1. The summed E-state index contributed by atoms with van der Waals surface area (Å²) in [5.74, 6) is -6.67. The highest BCUT2D eigenvalue weighted by Crippen LogP contribution is 2.58. The maximum atomic E-state index is 14.0. The molecule has 10 heteroatoms. The van der Waals surface area contributed by atoms with Gasteiger partial charge in [-0.2, -0.15) is 35.1 Å². The Bertz CT molecular complexity index is 531. The Morgan fingerprint density at radius 2 is 1.29 bits per heavy atom. The van der Waals surface area contributed by atoms with E-state index < -0.39 is 29.5 Å². The van der Waals surface area contributed by atoms with Gasteiger partial charge in [-0.05, 0) is 18.6 Å². The van der Waals surface area contributed by atoms with E-state index in [4.69, 9.17) is 5.73 Å². The van der Waals surface area contributed by atoms with E-state index in [0.717, 1.165) is 6.92 Å². The highest BCUT2D eigenvalue weighted by atomic mass is 19.4. The number of hydrogen-bond acceptors (Lipinski definition) is 1. The first-order chi connectivity index (χ1) is 9.16. The average Bonchev–Trinajstić information content (AvgIpc) is 2.28. The van der Waals surface area contributed by atoms with E-state index in [-0.39, 0.29) is 23.4 Å².